The largest absolute Gasteiger partial charge is 0.381 e. The van der Waals surface area contributed by atoms with Gasteiger partial charge in [0.05, 0.1) is 5.69 Å². The van der Waals surface area contributed by atoms with Crippen molar-refractivity contribution in [3.05, 3.63) is 71.1 Å². The number of anilines is 2. The van der Waals surface area contributed by atoms with E-state index >= 15 is 0 Å². The van der Waals surface area contributed by atoms with E-state index in [4.69, 9.17) is 0 Å². The number of hydrogen-bond acceptors (Lipinski definition) is 5. The molecule has 0 unspecified atom stereocenters. The van der Waals surface area contributed by atoms with Crippen molar-refractivity contribution in [1.82, 2.24) is 20.5 Å². The number of carbonyl (C=O) groups is 2. The second-order valence-electron chi connectivity index (χ2n) is 6.85. The quantitative estimate of drug-likeness (QED) is 0.541. The maximum absolute atomic E-state index is 14.2. The van der Waals surface area contributed by atoms with Crippen molar-refractivity contribution in [3.63, 3.8) is 0 Å². The summed E-state index contributed by atoms with van der Waals surface area (Å²) >= 11 is 0. The molecule has 9 heteroatoms. The number of nitrogens with zero attached hydrogens (tertiary/aromatic N) is 2. The molecule has 0 aliphatic carbocycles. The van der Waals surface area contributed by atoms with Crippen molar-refractivity contribution in [1.29, 1.82) is 0 Å². The zero-order valence-electron chi connectivity index (χ0n) is 15.6. The van der Waals surface area contributed by atoms with E-state index in [2.05, 4.69) is 31.1 Å². The number of aryl methyl sites for hydroxylation is 1. The Morgan fingerprint density at radius 3 is 2.83 bits per heavy atom. The molecule has 29 heavy (non-hydrogen) atoms. The number of hydrogen-bond donors (Lipinski definition) is 4. The van der Waals surface area contributed by atoms with Crippen molar-refractivity contribution in [2.24, 2.45) is 0 Å². The smallest absolute Gasteiger partial charge is 0.289 e. The lowest BCUT2D eigenvalue weighted by Gasteiger charge is -2.14. The third-order valence-electron chi connectivity index (χ3n) is 4.56. The lowest BCUT2D eigenvalue weighted by Crippen LogP contribution is -2.47. The maximum Gasteiger partial charge on any atom is 0.289 e. The number of nitrogens with one attached hydrogen (secondary N) is 4. The summed E-state index contributed by atoms with van der Waals surface area (Å²) in [6.07, 6.45) is 0.501. The Morgan fingerprint density at radius 1 is 1.24 bits per heavy atom. The third-order valence-corrected chi connectivity index (χ3v) is 4.56. The van der Waals surface area contributed by atoms with E-state index in [1.54, 1.807) is 13.0 Å². The Bertz CT molecular complexity index is 1070. The molecular formula is C20H19FN6O2. The van der Waals surface area contributed by atoms with Crippen LogP contribution in [0.5, 0.6) is 0 Å². The minimum Gasteiger partial charge on any atom is -0.381 e. The van der Waals surface area contributed by atoms with Crippen LogP contribution in [0.4, 0.5) is 15.8 Å². The predicted octanol–water partition coefficient (Wildman–Crippen LogP) is 2.01. The van der Waals surface area contributed by atoms with Gasteiger partial charge in [0.2, 0.25) is 11.7 Å². The number of benzene rings is 2. The van der Waals surface area contributed by atoms with Gasteiger partial charge in [0.15, 0.2) is 0 Å². The van der Waals surface area contributed by atoms with E-state index in [-0.39, 0.29) is 18.1 Å². The Labute approximate surface area is 165 Å². The molecule has 0 radical (unpaired) electrons. The van der Waals surface area contributed by atoms with Crippen molar-refractivity contribution in [2.45, 2.75) is 19.4 Å². The molecule has 0 saturated heterocycles. The standard InChI is InChI=1S/C20H19FN6O2/c1-11-7-13(21)17-14(8-11)22-10-15(19(28)25-17)23-20(29)18-24-16(26-27-18)9-12-5-3-2-4-6-12/h2-8,15,22H,9-10H2,1H3,(H,23,29)(H,25,28)(H,24,26,27)/t15-/m0/s1. The van der Waals surface area contributed by atoms with E-state index in [9.17, 15) is 14.0 Å². The molecule has 8 nitrogen and oxygen atoms in total. The molecule has 3 aromatic rings. The summed E-state index contributed by atoms with van der Waals surface area (Å²) < 4.78 is 14.2. The van der Waals surface area contributed by atoms with E-state index in [0.29, 0.717) is 17.9 Å². The fourth-order valence-electron chi connectivity index (χ4n) is 3.13. The van der Waals surface area contributed by atoms with Gasteiger partial charge in [-0.05, 0) is 30.2 Å². The highest BCUT2D eigenvalue weighted by atomic mass is 19.1. The zero-order chi connectivity index (χ0) is 20.4. The zero-order valence-corrected chi connectivity index (χ0v) is 15.6. The van der Waals surface area contributed by atoms with Crippen LogP contribution in [0.1, 0.15) is 27.6 Å². The van der Waals surface area contributed by atoms with Crippen LogP contribution in [0, 0.1) is 12.7 Å². The second-order valence-corrected chi connectivity index (χ2v) is 6.85. The van der Waals surface area contributed by atoms with Crippen LogP contribution in [-0.4, -0.2) is 39.6 Å². The monoisotopic (exact) mass is 394 g/mol. The Kier molecular flexibility index (Phi) is 4.94. The van der Waals surface area contributed by atoms with Gasteiger partial charge in [-0.15, -0.1) is 10.2 Å². The first-order chi connectivity index (χ1) is 14.0. The summed E-state index contributed by atoms with van der Waals surface area (Å²) in [6, 6.07) is 11.8. The molecule has 0 saturated carbocycles. The lowest BCUT2D eigenvalue weighted by molar-refractivity contribution is -0.117. The fraction of sp³-hybridized carbons (Fsp3) is 0.200. The van der Waals surface area contributed by atoms with Gasteiger partial charge in [-0.25, -0.2) is 4.39 Å². The van der Waals surface area contributed by atoms with Gasteiger partial charge < -0.3 is 20.9 Å². The molecule has 2 aromatic carbocycles. The van der Waals surface area contributed by atoms with Crippen LogP contribution in [0.3, 0.4) is 0 Å². The normalized spacial score (nSPS) is 15.7. The van der Waals surface area contributed by atoms with Gasteiger partial charge in [-0.1, -0.05) is 30.3 Å². The van der Waals surface area contributed by atoms with Gasteiger partial charge in [-0.2, -0.15) is 0 Å². The first kappa shape index (κ1) is 18.6. The van der Waals surface area contributed by atoms with Gasteiger partial charge in [0, 0.05) is 13.0 Å². The predicted molar refractivity (Wildman–Crippen MR) is 105 cm³/mol. The molecule has 148 valence electrons. The third kappa shape index (κ3) is 4.08. The molecule has 1 atom stereocenters. The second kappa shape index (κ2) is 7.70. The summed E-state index contributed by atoms with van der Waals surface area (Å²) in [7, 11) is 0. The molecule has 0 fully saturated rings. The van der Waals surface area contributed by atoms with E-state index < -0.39 is 23.7 Å². The highest BCUT2D eigenvalue weighted by molar-refractivity contribution is 6.03. The van der Waals surface area contributed by atoms with Gasteiger partial charge in [-0.3, -0.25) is 9.59 Å². The summed E-state index contributed by atoms with van der Waals surface area (Å²) in [6.45, 7) is 1.87. The Hall–Kier alpha value is -3.75. The average Bonchev–Trinajstić information content (AvgIpc) is 3.10. The van der Waals surface area contributed by atoms with E-state index in [1.807, 2.05) is 30.3 Å². The van der Waals surface area contributed by atoms with Crippen molar-refractivity contribution < 1.29 is 14.0 Å². The molecule has 4 N–H and O–H groups in total. The van der Waals surface area contributed by atoms with E-state index in [0.717, 1.165) is 11.1 Å². The number of H-pyrrole nitrogens is 1. The number of rotatable bonds is 4. The van der Waals surface area contributed by atoms with Gasteiger partial charge >= 0.3 is 0 Å². The molecule has 1 aliphatic heterocycles. The first-order valence-electron chi connectivity index (χ1n) is 9.11. The first-order valence-corrected chi connectivity index (χ1v) is 9.11. The Balaban J connectivity index is 1.44. The fourth-order valence-corrected chi connectivity index (χ4v) is 3.13. The van der Waals surface area contributed by atoms with Crippen molar-refractivity contribution in [2.75, 3.05) is 17.2 Å². The summed E-state index contributed by atoms with van der Waals surface area (Å²) in [4.78, 5) is 27.8. The van der Waals surface area contributed by atoms with Crippen LogP contribution < -0.4 is 16.0 Å². The molecule has 0 spiro atoms. The molecule has 4 rings (SSSR count). The van der Waals surface area contributed by atoms with Gasteiger partial charge in [0.25, 0.3) is 5.91 Å². The minimum absolute atomic E-state index is 0.00696. The minimum atomic E-state index is -0.905. The molecule has 0 bridgehead atoms. The topological polar surface area (TPSA) is 112 Å². The van der Waals surface area contributed by atoms with Crippen LogP contribution >= 0.6 is 0 Å². The number of amides is 2. The average molecular weight is 394 g/mol. The summed E-state index contributed by atoms with van der Waals surface area (Å²) in [5.41, 5.74) is 2.29. The molecule has 2 amide bonds. The number of aromatic nitrogens is 3. The van der Waals surface area contributed by atoms with Crippen LogP contribution in [0.15, 0.2) is 42.5 Å². The van der Waals surface area contributed by atoms with Crippen molar-refractivity contribution >= 4 is 23.2 Å². The highest BCUT2D eigenvalue weighted by Crippen LogP contribution is 2.28. The number of carbonyl (C=O) groups excluding carboxylic acids is 2. The molecule has 1 aromatic heterocycles. The highest BCUT2D eigenvalue weighted by Gasteiger charge is 2.28. The summed E-state index contributed by atoms with van der Waals surface area (Å²) in [5.74, 6) is -1.08. The number of halogens is 1. The van der Waals surface area contributed by atoms with Crippen LogP contribution in [-0.2, 0) is 11.2 Å². The molecule has 1 aliphatic rings. The maximum atomic E-state index is 14.2. The lowest BCUT2D eigenvalue weighted by atomic mass is 10.1. The summed E-state index contributed by atoms with van der Waals surface area (Å²) in [5, 5.41) is 16.0. The Morgan fingerprint density at radius 2 is 2.03 bits per heavy atom. The van der Waals surface area contributed by atoms with E-state index in [1.165, 1.54) is 6.07 Å². The van der Waals surface area contributed by atoms with Crippen LogP contribution in [0.25, 0.3) is 0 Å². The van der Waals surface area contributed by atoms with Crippen molar-refractivity contribution in [3.8, 4) is 0 Å². The molecular weight excluding hydrogens is 375 g/mol. The number of fused-ring (bicyclic) bond motifs is 1. The SMILES string of the molecule is Cc1cc(F)c2c(c1)NC[C@H](NC(=O)c1nnc(Cc3ccccc3)[nH]1)C(=O)N2. The molecule has 2 heterocycles. The van der Waals surface area contributed by atoms with Crippen LogP contribution in [0.2, 0.25) is 0 Å². The number of aromatic amines is 1. The van der Waals surface area contributed by atoms with Gasteiger partial charge in [0.1, 0.15) is 23.4 Å².